The molecule has 1 aromatic heterocycles. The molecule has 1 aromatic rings. The summed E-state index contributed by atoms with van der Waals surface area (Å²) in [5, 5.41) is 21.8. The Labute approximate surface area is 105 Å². The first kappa shape index (κ1) is 14.0. The van der Waals surface area contributed by atoms with E-state index >= 15 is 0 Å². The van der Waals surface area contributed by atoms with Gasteiger partial charge in [-0.3, -0.25) is 0 Å². The summed E-state index contributed by atoms with van der Waals surface area (Å²) in [5.41, 5.74) is -0.858. The summed E-state index contributed by atoms with van der Waals surface area (Å²) in [5.74, 6) is 0.323. The zero-order valence-corrected chi connectivity index (χ0v) is 10.5. The summed E-state index contributed by atoms with van der Waals surface area (Å²) >= 11 is 5.92. The van der Waals surface area contributed by atoms with Gasteiger partial charge in [-0.2, -0.15) is 4.98 Å². The highest BCUT2D eigenvalue weighted by Crippen LogP contribution is 2.24. The Morgan fingerprint density at radius 3 is 2.59 bits per heavy atom. The predicted molar refractivity (Wildman–Crippen MR) is 64.4 cm³/mol. The molecular formula is C10H16ClN3O3. The Hall–Kier alpha value is -1.11. The fourth-order valence-corrected chi connectivity index (χ4v) is 1.37. The molecule has 0 aromatic carbocycles. The SMILES string of the molecule is CCC(CO)(CO)Nc1nc(OC)ncc1Cl. The van der Waals surface area contributed by atoms with Gasteiger partial charge in [0.05, 0.1) is 32.1 Å². The Morgan fingerprint density at radius 1 is 1.47 bits per heavy atom. The lowest BCUT2D eigenvalue weighted by molar-refractivity contribution is 0.132. The molecule has 1 rings (SSSR count). The number of nitrogens with zero attached hydrogens (tertiary/aromatic N) is 2. The third kappa shape index (κ3) is 3.18. The largest absolute Gasteiger partial charge is 0.467 e. The van der Waals surface area contributed by atoms with Crippen molar-refractivity contribution < 1.29 is 14.9 Å². The van der Waals surface area contributed by atoms with E-state index in [1.807, 2.05) is 6.92 Å². The molecule has 0 aliphatic rings. The van der Waals surface area contributed by atoms with Crippen molar-refractivity contribution in [2.24, 2.45) is 0 Å². The summed E-state index contributed by atoms with van der Waals surface area (Å²) in [6, 6.07) is 0.165. The number of aliphatic hydroxyl groups excluding tert-OH is 2. The fraction of sp³-hybridized carbons (Fsp3) is 0.600. The van der Waals surface area contributed by atoms with Crippen LogP contribution in [-0.2, 0) is 0 Å². The number of aromatic nitrogens is 2. The normalized spacial score (nSPS) is 11.4. The van der Waals surface area contributed by atoms with Gasteiger partial charge in [0.2, 0.25) is 0 Å². The second kappa shape index (κ2) is 6.00. The highest BCUT2D eigenvalue weighted by atomic mass is 35.5. The van der Waals surface area contributed by atoms with Crippen LogP contribution in [0.2, 0.25) is 5.02 Å². The number of nitrogens with one attached hydrogen (secondary N) is 1. The van der Waals surface area contributed by atoms with E-state index in [2.05, 4.69) is 15.3 Å². The van der Waals surface area contributed by atoms with E-state index < -0.39 is 5.54 Å². The number of methoxy groups -OCH3 is 1. The van der Waals surface area contributed by atoms with Crippen molar-refractivity contribution >= 4 is 17.4 Å². The van der Waals surface area contributed by atoms with Gasteiger partial charge in [-0.05, 0) is 6.42 Å². The van der Waals surface area contributed by atoms with Gasteiger partial charge in [0.25, 0.3) is 0 Å². The van der Waals surface area contributed by atoms with Gasteiger partial charge in [0.15, 0.2) is 5.82 Å². The van der Waals surface area contributed by atoms with Crippen molar-refractivity contribution in [3.63, 3.8) is 0 Å². The van der Waals surface area contributed by atoms with Crippen LogP contribution in [-0.4, -0.2) is 46.0 Å². The molecule has 0 aliphatic carbocycles. The molecule has 0 unspecified atom stereocenters. The topological polar surface area (TPSA) is 87.5 Å². The number of rotatable bonds is 6. The third-order valence-corrected chi connectivity index (χ3v) is 2.85. The van der Waals surface area contributed by atoms with Crippen LogP contribution in [0.3, 0.4) is 0 Å². The zero-order chi connectivity index (χ0) is 12.9. The van der Waals surface area contributed by atoms with Crippen molar-refractivity contribution in [1.82, 2.24) is 9.97 Å². The minimum Gasteiger partial charge on any atom is -0.467 e. The van der Waals surface area contributed by atoms with Gasteiger partial charge in [-0.1, -0.05) is 18.5 Å². The lowest BCUT2D eigenvalue weighted by Gasteiger charge is -2.30. The molecule has 7 heteroatoms. The lowest BCUT2D eigenvalue weighted by Crippen LogP contribution is -2.45. The molecule has 0 fully saturated rings. The van der Waals surface area contributed by atoms with Gasteiger partial charge >= 0.3 is 6.01 Å². The van der Waals surface area contributed by atoms with Crippen molar-refractivity contribution in [3.8, 4) is 6.01 Å². The van der Waals surface area contributed by atoms with Crippen LogP contribution in [0.4, 0.5) is 5.82 Å². The smallest absolute Gasteiger partial charge is 0.318 e. The molecule has 0 saturated carbocycles. The van der Waals surface area contributed by atoms with Crippen molar-refractivity contribution in [2.75, 3.05) is 25.6 Å². The molecule has 1 heterocycles. The van der Waals surface area contributed by atoms with Gasteiger partial charge in [0, 0.05) is 0 Å². The maximum absolute atomic E-state index is 9.32. The molecule has 6 nitrogen and oxygen atoms in total. The van der Waals surface area contributed by atoms with E-state index in [0.29, 0.717) is 17.3 Å². The van der Waals surface area contributed by atoms with Gasteiger partial charge in [-0.15, -0.1) is 0 Å². The number of hydrogen-bond acceptors (Lipinski definition) is 6. The van der Waals surface area contributed by atoms with Gasteiger partial charge in [-0.25, -0.2) is 4.98 Å². The Morgan fingerprint density at radius 2 is 2.12 bits per heavy atom. The molecule has 0 saturated heterocycles. The van der Waals surface area contributed by atoms with E-state index in [-0.39, 0.29) is 19.2 Å². The van der Waals surface area contributed by atoms with E-state index in [0.717, 1.165) is 0 Å². The number of ether oxygens (including phenoxy) is 1. The molecule has 0 radical (unpaired) electrons. The van der Waals surface area contributed by atoms with E-state index in [1.54, 1.807) is 0 Å². The average molecular weight is 262 g/mol. The third-order valence-electron chi connectivity index (χ3n) is 2.57. The first-order valence-electron chi connectivity index (χ1n) is 5.17. The van der Waals surface area contributed by atoms with Crippen LogP contribution in [0, 0.1) is 0 Å². The minimum absolute atomic E-state index is 0.165. The maximum Gasteiger partial charge on any atom is 0.318 e. The maximum atomic E-state index is 9.32. The van der Waals surface area contributed by atoms with Gasteiger partial charge < -0.3 is 20.3 Å². The number of halogens is 1. The van der Waals surface area contributed by atoms with E-state index in [4.69, 9.17) is 16.3 Å². The van der Waals surface area contributed by atoms with E-state index in [9.17, 15) is 10.2 Å². The second-order valence-corrected chi connectivity index (χ2v) is 4.04. The predicted octanol–water partition coefficient (Wildman–Crippen LogP) is 0.684. The molecule has 0 aliphatic heterocycles. The van der Waals surface area contributed by atoms with Crippen LogP contribution in [0.5, 0.6) is 6.01 Å². The van der Waals surface area contributed by atoms with Crippen LogP contribution < -0.4 is 10.1 Å². The number of anilines is 1. The molecule has 96 valence electrons. The van der Waals surface area contributed by atoms with Crippen LogP contribution in [0.15, 0.2) is 6.20 Å². The van der Waals surface area contributed by atoms with E-state index in [1.165, 1.54) is 13.3 Å². The molecule has 0 spiro atoms. The monoisotopic (exact) mass is 261 g/mol. The van der Waals surface area contributed by atoms with Crippen molar-refractivity contribution in [1.29, 1.82) is 0 Å². The summed E-state index contributed by atoms with van der Waals surface area (Å²) in [6.07, 6.45) is 1.91. The number of aliphatic hydroxyl groups is 2. The molecule has 0 amide bonds. The van der Waals surface area contributed by atoms with Crippen LogP contribution in [0.25, 0.3) is 0 Å². The average Bonchev–Trinajstić information content (AvgIpc) is 2.38. The highest BCUT2D eigenvalue weighted by Gasteiger charge is 2.27. The molecule has 17 heavy (non-hydrogen) atoms. The van der Waals surface area contributed by atoms with Crippen LogP contribution >= 0.6 is 11.6 Å². The summed E-state index contributed by atoms with van der Waals surface area (Å²) in [4.78, 5) is 7.86. The first-order chi connectivity index (χ1) is 8.10. The summed E-state index contributed by atoms with van der Waals surface area (Å²) in [6.45, 7) is 1.37. The van der Waals surface area contributed by atoms with Crippen molar-refractivity contribution in [2.45, 2.75) is 18.9 Å². The quantitative estimate of drug-likeness (QED) is 0.698. The Balaban J connectivity index is 2.99. The molecule has 0 atom stereocenters. The highest BCUT2D eigenvalue weighted by molar-refractivity contribution is 6.32. The standard InChI is InChI=1S/C10H16ClN3O3/c1-3-10(5-15,6-16)14-8-7(11)4-12-9(13-8)17-2/h4,15-16H,3,5-6H2,1-2H3,(H,12,13,14). The summed E-state index contributed by atoms with van der Waals surface area (Å²) in [7, 11) is 1.44. The fourth-order valence-electron chi connectivity index (χ4n) is 1.23. The Kier molecular flexibility index (Phi) is 4.92. The first-order valence-corrected chi connectivity index (χ1v) is 5.55. The zero-order valence-electron chi connectivity index (χ0n) is 9.77. The van der Waals surface area contributed by atoms with Gasteiger partial charge in [0.1, 0.15) is 5.02 Å². The Bertz CT molecular complexity index is 364. The van der Waals surface area contributed by atoms with Crippen LogP contribution in [0.1, 0.15) is 13.3 Å². The molecule has 3 N–H and O–H groups in total. The number of hydrogen-bond donors (Lipinski definition) is 3. The minimum atomic E-state index is -0.858. The second-order valence-electron chi connectivity index (χ2n) is 3.63. The summed E-state index contributed by atoms with van der Waals surface area (Å²) < 4.78 is 4.88. The molecular weight excluding hydrogens is 246 g/mol. The molecule has 0 bridgehead atoms. The van der Waals surface area contributed by atoms with Crippen molar-refractivity contribution in [3.05, 3.63) is 11.2 Å². The lowest BCUT2D eigenvalue weighted by atomic mass is 9.98.